The summed E-state index contributed by atoms with van der Waals surface area (Å²) in [6, 6.07) is 5.65. The quantitative estimate of drug-likeness (QED) is 0.492. The lowest BCUT2D eigenvalue weighted by Crippen LogP contribution is -2.14. The predicted octanol–water partition coefficient (Wildman–Crippen LogP) is 1.77. The summed E-state index contributed by atoms with van der Waals surface area (Å²) in [5, 5.41) is 11.9. The van der Waals surface area contributed by atoms with Gasteiger partial charge in [0.2, 0.25) is 0 Å². The summed E-state index contributed by atoms with van der Waals surface area (Å²) in [6.45, 7) is 1.95. The maximum atomic E-state index is 5.80. The summed E-state index contributed by atoms with van der Waals surface area (Å²) in [6.07, 6.45) is 2.33. The molecule has 2 rings (SSSR count). The standard InChI is InChI=1S/C12H15BrN6O/c1-3-11-16-18-12(19(11)14)17-15-7-8-6-9(13)4-5-10(8)20-2/h4-7H,3,14H2,1-2H3,(H,17,18)/b15-7+. The number of halogens is 1. The second kappa shape index (κ2) is 6.38. The van der Waals surface area contributed by atoms with Gasteiger partial charge in [-0.05, 0) is 18.2 Å². The Labute approximate surface area is 124 Å². The van der Waals surface area contributed by atoms with Crippen molar-refractivity contribution in [1.82, 2.24) is 14.9 Å². The second-order valence-corrected chi connectivity index (χ2v) is 4.84. The molecule has 0 atom stereocenters. The molecule has 0 aliphatic carbocycles. The van der Waals surface area contributed by atoms with Crippen molar-refractivity contribution in [2.45, 2.75) is 13.3 Å². The molecule has 1 aromatic heterocycles. The van der Waals surface area contributed by atoms with Gasteiger partial charge in [-0.25, -0.2) is 10.1 Å². The van der Waals surface area contributed by atoms with Crippen LogP contribution >= 0.6 is 15.9 Å². The molecule has 106 valence electrons. The van der Waals surface area contributed by atoms with E-state index in [2.05, 4.69) is 36.7 Å². The number of ether oxygens (including phenoxy) is 1. The number of hydrazone groups is 1. The SMILES string of the molecule is CCc1nnc(N/N=C/c2cc(Br)ccc2OC)n1N. The highest BCUT2D eigenvalue weighted by Gasteiger charge is 2.06. The van der Waals surface area contributed by atoms with E-state index in [-0.39, 0.29) is 0 Å². The summed E-state index contributed by atoms with van der Waals surface area (Å²) in [4.78, 5) is 0. The zero-order chi connectivity index (χ0) is 14.5. The molecule has 20 heavy (non-hydrogen) atoms. The van der Waals surface area contributed by atoms with Gasteiger partial charge in [0.05, 0.1) is 13.3 Å². The van der Waals surface area contributed by atoms with E-state index in [4.69, 9.17) is 10.6 Å². The van der Waals surface area contributed by atoms with Crippen LogP contribution in [0.4, 0.5) is 5.95 Å². The van der Waals surface area contributed by atoms with Crippen LogP contribution in [0.2, 0.25) is 0 Å². The summed E-state index contributed by atoms with van der Waals surface area (Å²) >= 11 is 3.40. The van der Waals surface area contributed by atoms with Crippen molar-refractivity contribution in [1.29, 1.82) is 0 Å². The van der Waals surface area contributed by atoms with Crippen LogP contribution in [0.25, 0.3) is 0 Å². The Morgan fingerprint density at radius 2 is 2.30 bits per heavy atom. The summed E-state index contributed by atoms with van der Waals surface area (Å²) in [7, 11) is 1.61. The number of nitrogens with two attached hydrogens (primary N) is 1. The number of anilines is 1. The first-order chi connectivity index (χ1) is 9.65. The number of aromatic nitrogens is 3. The molecule has 1 heterocycles. The first kappa shape index (κ1) is 14.3. The Balaban J connectivity index is 2.13. The zero-order valence-electron chi connectivity index (χ0n) is 11.2. The summed E-state index contributed by atoms with van der Waals surface area (Å²) in [5.74, 6) is 7.59. The number of aryl methyl sites for hydroxylation is 1. The minimum atomic E-state index is 0.382. The minimum absolute atomic E-state index is 0.382. The number of nitrogen functional groups attached to an aromatic ring is 1. The molecule has 0 amide bonds. The lowest BCUT2D eigenvalue weighted by atomic mass is 10.2. The Hall–Kier alpha value is -2.09. The van der Waals surface area contributed by atoms with Crippen LogP contribution in [0.1, 0.15) is 18.3 Å². The minimum Gasteiger partial charge on any atom is -0.496 e. The van der Waals surface area contributed by atoms with Gasteiger partial charge in [0.15, 0.2) is 5.82 Å². The van der Waals surface area contributed by atoms with E-state index in [1.54, 1.807) is 13.3 Å². The number of hydrogen-bond donors (Lipinski definition) is 2. The van der Waals surface area contributed by atoms with Crippen LogP contribution < -0.4 is 16.0 Å². The van der Waals surface area contributed by atoms with Gasteiger partial charge in [0.1, 0.15) is 5.75 Å². The molecule has 0 aliphatic heterocycles. The molecule has 3 N–H and O–H groups in total. The van der Waals surface area contributed by atoms with Crippen LogP contribution in [-0.4, -0.2) is 28.2 Å². The Bertz CT molecular complexity index is 624. The Morgan fingerprint density at radius 3 is 2.95 bits per heavy atom. The van der Waals surface area contributed by atoms with Crippen molar-refractivity contribution in [2.75, 3.05) is 18.4 Å². The van der Waals surface area contributed by atoms with Crippen LogP contribution in [0.3, 0.4) is 0 Å². The number of nitrogens with zero attached hydrogens (tertiary/aromatic N) is 4. The van der Waals surface area contributed by atoms with Gasteiger partial charge in [-0.15, -0.1) is 10.2 Å². The highest BCUT2D eigenvalue weighted by atomic mass is 79.9. The number of benzene rings is 1. The maximum absolute atomic E-state index is 5.80. The van der Waals surface area contributed by atoms with Gasteiger partial charge in [0, 0.05) is 16.5 Å². The van der Waals surface area contributed by atoms with Gasteiger partial charge in [-0.2, -0.15) is 5.10 Å². The molecule has 0 saturated heterocycles. The van der Waals surface area contributed by atoms with E-state index in [0.717, 1.165) is 15.8 Å². The molecule has 0 bridgehead atoms. The topological polar surface area (TPSA) is 90.4 Å². The van der Waals surface area contributed by atoms with E-state index in [9.17, 15) is 0 Å². The molecule has 0 radical (unpaired) electrons. The van der Waals surface area contributed by atoms with E-state index in [1.165, 1.54) is 4.68 Å². The lowest BCUT2D eigenvalue weighted by Gasteiger charge is -2.05. The number of nitrogens with one attached hydrogen (secondary N) is 1. The highest BCUT2D eigenvalue weighted by Crippen LogP contribution is 2.21. The van der Waals surface area contributed by atoms with Crippen molar-refractivity contribution in [2.24, 2.45) is 5.10 Å². The summed E-state index contributed by atoms with van der Waals surface area (Å²) in [5.41, 5.74) is 3.58. The van der Waals surface area contributed by atoms with Crippen LogP contribution in [-0.2, 0) is 6.42 Å². The monoisotopic (exact) mass is 338 g/mol. The fourth-order valence-electron chi connectivity index (χ4n) is 1.61. The van der Waals surface area contributed by atoms with Crippen molar-refractivity contribution < 1.29 is 4.74 Å². The predicted molar refractivity (Wildman–Crippen MR) is 81.5 cm³/mol. The first-order valence-corrected chi connectivity index (χ1v) is 6.77. The van der Waals surface area contributed by atoms with Crippen molar-refractivity contribution in [3.8, 4) is 5.75 Å². The van der Waals surface area contributed by atoms with Gasteiger partial charge < -0.3 is 10.6 Å². The largest absolute Gasteiger partial charge is 0.496 e. The highest BCUT2D eigenvalue weighted by molar-refractivity contribution is 9.10. The van der Waals surface area contributed by atoms with Crippen LogP contribution in [0.5, 0.6) is 5.75 Å². The van der Waals surface area contributed by atoms with E-state index < -0.39 is 0 Å². The van der Waals surface area contributed by atoms with Crippen LogP contribution in [0.15, 0.2) is 27.8 Å². The molecular weight excluding hydrogens is 324 g/mol. The second-order valence-electron chi connectivity index (χ2n) is 3.92. The van der Waals surface area contributed by atoms with Gasteiger partial charge in [-0.1, -0.05) is 22.9 Å². The van der Waals surface area contributed by atoms with E-state index in [0.29, 0.717) is 18.2 Å². The van der Waals surface area contributed by atoms with Crippen molar-refractivity contribution in [3.63, 3.8) is 0 Å². The van der Waals surface area contributed by atoms with E-state index in [1.807, 2.05) is 25.1 Å². The van der Waals surface area contributed by atoms with Gasteiger partial charge >= 0.3 is 0 Å². The van der Waals surface area contributed by atoms with Gasteiger partial charge in [-0.3, -0.25) is 0 Å². The molecule has 8 heteroatoms. The summed E-state index contributed by atoms with van der Waals surface area (Å²) < 4.78 is 7.56. The first-order valence-electron chi connectivity index (χ1n) is 5.97. The molecule has 0 aliphatic rings. The molecule has 0 fully saturated rings. The number of hydrogen-bond acceptors (Lipinski definition) is 6. The lowest BCUT2D eigenvalue weighted by molar-refractivity contribution is 0.414. The molecular formula is C12H15BrN6O. The molecule has 1 aromatic carbocycles. The molecule has 0 unspecified atom stereocenters. The smallest absolute Gasteiger partial charge is 0.263 e. The molecule has 0 saturated carbocycles. The fourth-order valence-corrected chi connectivity index (χ4v) is 1.99. The maximum Gasteiger partial charge on any atom is 0.263 e. The molecule has 2 aromatic rings. The average Bonchev–Trinajstić information content (AvgIpc) is 2.80. The third kappa shape index (κ3) is 3.08. The Morgan fingerprint density at radius 1 is 1.50 bits per heavy atom. The van der Waals surface area contributed by atoms with Crippen LogP contribution in [0, 0.1) is 0 Å². The third-order valence-electron chi connectivity index (χ3n) is 2.64. The Kier molecular flexibility index (Phi) is 4.57. The van der Waals surface area contributed by atoms with E-state index >= 15 is 0 Å². The number of rotatable bonds is 5. The average molecular weight is 339 g/mol. The fraction of sp³-hybridized carbons (Fsp3) is 0.250. The molecule has 0 spiro atoms. The number of methoxy groups -OCH3 is 1. The zero-order valence-corrected chi connectivity index (χ0v) is 12.8. The molecule has 7 nitrogen and oxygen atoms in total. The normalized spacial score (nSPS) is 10.9. The van der Waals surface area contributed by atoms with Crippen molar-refractivity contribution in [3.05, 3.63) is 34.1 Å². The third-order valence-corrected chi connectivity index (χ3v) is 3.14. The van der Waals surface area contributed by atoms with Gasteiger partial charge in [0.25, 0.3) is 5.95 Å². The van der Waals surface area contributed by atoms with Crippen molar-refractivity contribution >= 4 is 28.1 Å².